The quantitative estimate of drug-likeness (QED) is 0.623. The minimum Gasteiger partial charge on any atom is -0.444 e. The molecule has 0 bridgehead atoms. The number of hydrogen-bond donors (Lipinski definition) is 1. The number of nitrogens with zero attached hydrogens (tertiary/aromatic N) is 4. The number of ether oxygens (including phenoxy) is 1. The van der Waals surface area contributed by atoms with E-state index in [9.17, 15) is 4.79 Å². The van der Waals surface area contributed by atoms with Crippen molar-refractivity contribution in [3.05, 3.63) is 24.0 Å². The number of nitrogens with one attached hydrogen (secondary N) is 1. The molecule has 0 aliphatic heterocycles. The molecule has 0 radical (unpaired) electrons. The van der Waals surface area contributed by atoms with Crippen molar-refractivity contribution in [1.82, 2.24) is 19.7 Å². The molecule has 1 saturated carbocycles. The molecule has 1 fully saturated rings. The Hall–Kier alpha value is -2.18. The average Bonchev–Trinajstić information content (AvgIpc) is 3.29. The van der Waals surface area contributed by atoms with E-state index < -0.39 is 5.60 Å². The molecule has 1 N–H and O–H groups in total. The van der Waals surface area contributed by atoms with Gasteiger partial charge in [-0.2, -0.15) is 0 Å². The fourth-order valence-electron chi connectivity index (χ4n) is 2.78. The summed E-state index contributed by atoms with van der Waals surface area (Å²) < 4.78 is 7.63. The standard InChI is InChI=1S/C19H33N5O2/c1-19(2,3)26-18(25)24(15-9-10-15)13-11-21-17(20-4)23(6)14-16-8-7-12-22(16)5/h7-8,12,15H,9-11,13-14H2,1-6H3,(H,20,21). The first kappa shape index (κ1) is 20.1. The highest BCUT2D eigenvalue weighted by molar-refractivity contribution is 5.79. The SMILES string of the molecule is CN=C(NCCN(C(=O)OC(C)(C)C)C1CC1)N(C)Cc1cccn1C. The smallest absolute Gasteiger partial charge is 0.410 e. The first-order valence-electron chi connectivity index (χ1n) is 9.23. The highest BCUT2D eigenvalue weighted by Gasteiger charge is 2.34. The van der Waals surface area contributed by atoms with Gasteiger partial charge >= 0.3 is 6.09 Å². The van der Waals surface area contributed by atoms with Crippen LogP contribution in [0.1, 0.15) is 39.3 Å². The molecule has 1 aliphatic carbocycles. The summed E-state index contributed by atoms with van der Waals surface area (Å²) in [4.78, 5) is 20.7. The largest absolute Gasteiger partial charge is 0.444 e. The molecule has 1 heterocycles. The molecule has 1 aromatic heterocycles. The monoisotopic (exact) mass is 363 g/mol. The van der Waals surface area contributed by atoms with E-state index >= 15 is 0 Å². The summed E-state index contributed by atoms with van der Waals surface area (Å²) in [6.07, 6.45) is 3.92. The Balaban J connectivity index is 1.85. The highest BCUT2D eigenvalue weighted by atomic mass is 16.6. The van der Waals surface area contributed by atoms with Gasteiger partial charge in [0.15, 0.2) is 5.96 Å². The number of carbonyl (C=O) groups is 1. The predicted molar refractivity (Wildman–Crippen MR) is 104 cm³/mol. The van der Waals surface area contributed by atoms with Gasteiger partial charge in [0.1, 0.15) is 5.60 Å². The van der Waals surface area contributed by atoms with Crippen LogP contribution < -0.4 is 5.32 Å². The van der Waals surface area contributed by atoms with Gasteiger partial charge in [0, 0.05) is 52.2 Å². The summed E-state index contributed by atoms with van der Waals surface area (Å²) in [7, 11) is 5.82. The Morgan fingerprint density at radius 2 is 2.12 bits per heavy atom. The van der Waals surface area contributed by atoms with Crippen LogP contribution >= 0.6 is 0 Å². The van der Waals surface area contributed by atoms with E-state index in [1.165, 1.54) is 5.69 Å². The number of hydrogen-bond acceptors (Lipinski definition) is 3. The fraction of sp³-hybridized carbons (Fsp3) is 0.684. The van der Waals surface area contributed by atoms with E-state index in [2.05, 4.69) is 25.8 Å². The van der Waals surface area contributed by atoms with Gasteiger partial charge in [-0.25, -0.2) is 4.79 Å². The molecule has 0 aromatic carbocycles. The lowest BCUT2D eigenvalue weighted by Crippen LogP contribution is -2.45. The van der Waals surface area contributed by atoms with Gasteiger partial charge in [-0.3, -0.25) is 4.99 Å². The third-order valence-electron chi connectivity index (χ3n) is 4.28. The molecule has 0 saturated heterocycles. The van der Waals surface area contributed by atoms with Crippen LogP contribution in [0.5, 0.6) is 0 Å². The zero-order valence-corrected chi connectivity index (χ0v) is 17.0. The first-order chi connectivity index (χ1) is 12.2. The third-order valence-corrected chi connectivity index (χ3v) is 4.28. The molecule has 0 spiro atoms. The maximum atomic E-state index is 12.4. The summed E-state index contributed by atoms with van der Waals surface area (Å²) >= 11 is 0. The van der Waals surface area contributed by atoms with E-state index in [-0.39, 0.29) is 6.09 Å². The number of carbonyl (C=O) groups excluding carboxylic acids is 1. The molecule has 7 heteroatoms. The molecular formula is C19H33N5O2. The first-order valence-corrected chi connectivity index (χ1v) is 9.23. The zero-order chi connectivity index (χ0) is 19.3. The number of rotatable bonds is 6. The number of guanidine groups is 1. The van der Waals surface area contributed by atoms with Gasteiger partial charge in [-0.1, -0.05) is 0 Å². The normalized spacial score (nSPS) is 14.9. The summed E-state index contributed by atoms with van der Waals surface area (Å²) in [5.74, 6) is 0.811. The van der Waals surface area contributed by atoms with Gasteiger partial charge in [0.05, 0.1) is 6.54 Å². The van der Waals surface area contributed by atoms with Crippen LogP contribution in [0.2, 0.25) is 0 Å². The summed E-state index contributed by atoms with van der Waals surface area (Å²) in [6, 6.07) is 4.45. The topological polar surface area (TPSA) is 62.1 Å². The molecule has 2 rings (SSSR count). The summed E-state index contributed by atoms with van der Waals surface area (Å²) in [5, 5.41) is 3.35. The van der Waals surface area contributed by atoms with Crippen molar-refractivity contribution in [1.29, 1.82) is 0 Å². The van der Waals surface area contributed by atoms with Crippen molar-refractivity contribution in [3.63, 3.8) is 0 Å². The minimum absolute atomic E-state index is 0.228. The van der Waals surface area contributed by atoms with E-state index in [0.717, 1.165) is 25.3 Å². The summed E-state index contributed by atoms with van der Waals surface area (Å²) in [6.45, 7) is 7.70. The molecule has 1 aliphatic rings. The number of aliphatic imine (C=N–C) groups is 1. The second kappa shape index (κ2) is 8.47. The Kier molecular flexibility index (Phi) is 6.56. The molecule has 0 unspecified atom stereocenters. The molecule has 1 amide bonds. The van der Waals surface area contributed by atoms with Crippen molar-refractivity contribution in [2.75, 3.05) is 27.2 Å². The van der Waals surface area contributed by atoms with E-state index in [1.54, 1.807) is 7.05 Å². The molecule has 7 nitrogen and oxygen atoms in total. The fourth-order valence-corrected chi connectivity index (χ4v) is 2.78. The summed E-state index contributed by atoms with van der Waals surface area (Å²) in [5.41, 5.74) is 0.743. The molecule has 1 aromatic rings. The van der Waals surface area contributed by atoms with Gasteiger partial charge in [-0.05, 0) is 45.7 Å². The van der Waals surface area contributed by atoms with Crippen LogP contribution in [0.15, 0.2) is 23.3 Å². The van der Waals surface area contributed by atoms with Crippen molar-refractivity contribution >= 4 is 12.1 Å². The van der Waals surface area contributed by atoms with Gasteiger partial charge in [0.25, 0.3) is 0 Å². The lowest BCUT2D eigenvalue weighted by molar-refractivity contribution is 0.0237. The lowest BCUT2D eigenvalue weighted by Gasteiger charge is -2.28. The van der Waals surface area contributed by atoms with Crippen LogP contribution in [-0.2, 0) is 18.3 Å². The van der Waals surface area contributed by atoms with Crippen LogP contribution in [0.4, 0.5) is 4.79 Å². The Morgan fingerprint density at radius 3 is 2.62 bits per heavy atom. The van der Waals surface area contributed by atoms with E-state index in [0.29, 0.717) is 19.1 Å². The number of aryl methyl sites for hydroxylation is 1. The predicted octanol–water partition coefficient (Wildman–Crippen LogP) is 2.43. The molecule has 0 atom stereocenters. The maximum absolute atomic E-state index is 12.4. The van der Waals surface area contributed by atoms with Crippen molar-refractivity contribution in [2.24, 2.45) is 12.0 Å². The van der Waals surface area contributed by atoms with Gasteiger partial charge in [0.2, 0.25) is 0 Å². The van der Waals surface area contributed by atoms with Crippen LogP contribution in [0, 0.1) is 0 Å². The van der Waals surface area contributed by atoms with Crippen molar-refractivity contribution in [2.45, 2.75) is 51.8 Å². The minimum atomic E-state index is -0.469. The third kappa shape index (κ3) is 5.97. The molecular weight excluding hydrogens is 330 g/mol. The number of aromatic nitrogens is 1. The van der Waals surface area contributed by atoms with Crippen LogP contribution in [-0.4, -0.2) is 65.2 Å². The van der Waals surface area contributed by atoms with E-state index in [4.69, 9.17) is 4.74 Å². The second-order valence-electron chi connectivity index (χ2n) is 7.85. The second-order valence-corrected chi connectivity index (χ2v) is 7.85. The molecule has 26 heavy (non-hydrogen) atoms. The van der Waals surface area contributed by atoms with Crippen LogP contribution in [0.3, 0.4) is 0 Å². The maximum Gasteiger partial charge on any atom is 0.410 e. The Bertz CT molecular complexity index is 628. The van der Waals surface area contributed by atoms with Gasteiger partial charge < -0.3 is 24.4 Å². The Morgan fingerprint density at radius 1 is 1.42 bits per heavy atom. The van der Waals surface area contributed by atoms with Gasteiger partial charge in [-0.15, -0.1) is 0 Å². The number of amides is 1. The molecule has 146 valence electrons. The zero-order valence-electron chi connectivity index (χ0n) is 17.0. The highest BCUT2D eigenvalue weighted by Crippen LogP contribution is 2.28. The van der Waals surface area contributed by atoms with E-state index in [1.807, 2.05) is 52.0 Å². The average molecular weight is 364 g/mol. The van der Waals surface area contributed by atoms with Crippen molar-refractivity contribution in [3.8, 4) is 0 Å². The van der Waals surface area contributed by atoms with Crippen molar-refractivity contribution < 1.29 is 9.53 Å². The Labute approximate surface area is 157 Å². The van der Waals surface area contributed by atoms with Crippen LogP contribution in [0.25, 0.3) is 0 Å². The lowest BCUT2D eigenvalue weighted by atomic mass is 10.2.